The van der Waals surface area contributed by atoms with E-state index < -0.39 is 10.8 Å². The van der Waals surface area contributed by atoms with Crippen LogP contribution < -0.4 is 21.5 Å². The zero-order valence-electron chi connectivity index (χ0n) is 13.0. The van der Waals surface area contributed by atoms with Crippen molar-refractivity contribution in [2.24, 2.45) is 0 Å². The molecule has 10 heteroatoms. The molecule has 0 saturated heterocycles. The minimum atomic E-state index is -0.569. The summed E-state index contributed by atoms with van der Waals surface area (Å²) in [7, 11) is 1.56. The molecule has 0 aliphatic heterocycles. The molecular formula is C15H14ClN5O3S. The number of anilines is 2. The lowest BCUT2D eigenvalue weighted by Gasteiger charge is -2.12. The van der Waals surface area contributed by atoms with Crippen molar-refractivity contribution in [3.8, 4) is 0 Å². The smallest absolute Gasteiger partial charge is 0.293 e. The number of hydrazine groups is 1. The topological polar surface area (TPSA) is 108 Å². The van der Waals surface area contributed by atoms with Gasteiger partial charge in [-0.2, -0.15) is 0 Å². The zero-order chi connectivity index (χ0) is 18.4. The third-order valence-corrected chi connectivity index (χ3v) is 3.54. The Morgan fingerprint density at radius 1 is 1.20 bits per heavy atom. The Kier molecular flexibility index (Phi) is 6.09. The van der Waals surface area contributed by atoms with Gasteiger partial charge in [-0.1, -0.05) is 17.7 Å². The second kappa shape index (κ2) is 8.27. The lowest BCUT2D eigenvalue weighted by Crippen LogP contribution is -2.43. The minimum Gasteiger partial charge on any atom is -0.383 e. The molecule has 130 valence electrons. The minimum absolute atomic E-state index is 0.115. The molecule has 2 rings (SSSR count). The predicted octanol–water partition coefficient (Wildman–Crippen LogP) is 2.92. The molecule has 0 fully saturated rings. The lowest BCUT2D eigenvalue weighted by molar-refractivity contribution is -0.384. The molecule has 0 spiro atoms. The van der Waals surface area contributed by atoms with Gasteiger partial charge in [-0.15, -0.1) is 0 Å². The highest BCUT2D eigenvalue weighted by Crippen LogP contribution is 2.24. The highest BCUT2D eigenvalue weighted by molar-refractivity contribution is 7.80. The van der Waals surface area contributed by atoms with Gasteiger partial charge >= 0.3 is 0 Å². The SMILES string of the molecule is CNc1ccc(C(=O)NNC(=S)Nc2cccc(Cl)c2)cc1[N+](=O)[O-]. The fourth-order valence-corrected chi connectivity index (χ4v) is 2.31. The van der Waals surface area contributed by atoms with Gasteiger partial charge in [0, 0.05) is 29.4 Å². The maximum atomic E-state index is 12.1. The Hall–Kier alpha value is -2.91. The van der Waals surface area contributed by atoms with Crippen LogP contribution in [0.15, 0.2) is 42.5 Å². The molecule has 2 aromatic rings. The van der Waals surface area contributed by atoms with E-state index in [1.807, 2.05) is 0 Å². The fraction of sp³-hybridized carbons (Fsp3) is 0.0667. The van der Waals surface area contributed by atoms with E-state index in [-0.39, 0.29) is 16.4 Å². The van der Waals surface area contributed by atoms with Crippen molar-refractivity contribution in [3.05, 3.63) is 63.2 Å². The standard InChI is InChI=1S/C15H14ClN5O3S/c1-17-12-6-5-9(7-13(12)21(23)24)14(22)19-20-15(25)18-11-4-2-3-10(16)8-11/h2-8,17H,1H3,(H,19,22)(H2,18,20,25). The van der Waals surface area contributed by atoms with Crippen LogP contribution in [0.5, 0.6) is 0 Å². The molecule has 2 aromatic carbocycles. The van der Waals surface area contributed by atoms with Crippen molar-refractivity contribution < 1.29 is 9.72 Å². The van der Waals surface area contributed by atoms with Gasteiger partial charge in [-0.05, 0) is 42.5 Å². The molecule has 4 N–H and O–H groups in total. The molecule has 0 heterocycles. The summed E-state index contributed by atoms with van der Waals surface area (Å²) in [6.45, 7) is 0. The largest absolute Gasteiger partial charge is 0.383 e. The van der Waals surface area contributed by atoms with Crippen LogP contribution in [0.25, 0.3) is 0 Å². The first-order valence-corrected chi connectivity index (χ1v) is 7.78. The number of carbonyl (C=O) groups excluding carboxylic acids is 1. The number of nitrogens with zero attached hydrogens (tertiary/aromatic N) is 1. The third-order valence-electron chi connectivity index (χ3n) is 3.10. The monoisotopic (exact) mass is 379 g/mol. The number of carbonyl (C=O) groups is 1. The van der Waals surface area contributed by atoms with Gasteiger partial charge in [0.05, 0.1) is 4.92 Å². The summed E-state index contributed by atoms with van der Waals surface area (Å²) in [6.07, 6.45) is 0. The maximum Gasteiger partial charge on any atom is 0.293 e. The number of hydrogen-bond donors (Lipinski definition) is 4. The number of thiocarbonyl (C=S) groups is 1. The third kappa shape index (κ3) is 5.03. The van der Waals surface area contributed by atoms with Gasteiger partial charge in [0.25, 0.3) is 11.6 Å². The van der Waals surface area contributed by atoms with Gasteiger partial charge in [0.1, 0.15) is 5.69 Å². The summed E-state index contributed by atoms with van der Waals surface area (Å²) >= 11 is 10.9. The molecule has 8 nitrogen and oxygen atoms in total. The molecule has 0 aromatic heterocycles. The quantitative estimate of drug-likeness (QED) is 0.367. The summed E-state index contributed by atoms with van der Waals surface area (Å²) < 4.78 is 0. The van der Waals surface area contributed by atoms with Gasteiger partial charge in [0.2, 0.25) is 0 Å². The van der Waals surface area contributed by atoms with Crippen LogP contribution >= 0.6 is 23.8 Å². The van der Waals surface area contributed by atoms with Crippen LogP contribution in [0.1, 0.15) is 10.4 Å². The van der Waals surface area contributed by atoms with E-state index >= 15 is 0 Å². The molecule has 0 aliphatic carbocycles. The Morgan fingerprint density at radius 2 is 1.96 bits per heavy atom. The predicted molar refractivity (Wildman–Crippen MR) is 101 cm³/mol. The van der Waals surface area contributed by atoms with Crippen LogP contribution in [0.3, 0.4) is 0 Å². The normalized spacial score (nSPS) is 9.84. The first-order valence-electron chi connectivity index (χ1n) is 7.00. The number of benzene rings is 2. The number of halogens is 1. The van der Waals surface area contributed by atoms with Crippen LogP contribution in [0.2, 0.25) is 5.02 Å². The molecule has 0 atom stereocenters. The van der Waals surface area contributed by atoms with Crippen molar-refractivity contribution >= 4 is 51.9 Å². The van der Waals surface area contributed by atoms with Crippen molar-refractivity contribution in [1.82, 2.24) is 10.9 Å². The van der Waals surface area contributed by atoms with Crippen LogP contribution in [0, 0.1) is 10.1 Å². The number of amides is 1. The number of nitro benzene ring substituents is 1. The first-order chi connectivity index (χ1) is 11.9. The molecule has 0 saturated carbocycles. The van der Waals surface area contributed by atoms with Gasteiger partial charge in [-0.3, -0.25) is 25.8 Å². The summed E-state index contributed by atoms with van der Waals surface area (Å²) in [6, 6.07) is 11.0. The highest BCUT2D eigenvalue weighted by Gasteiger charge is 2.16. The highest BCUT2D eigenvalue weighted by atomic mass is 35.5. The lowest BCUT2D eigenvalue weighted by atomic mass is 10.1. The van der Waals surface area contributed by atoms with Crippen molar-refractivity contribution in [2.75, 3.05) is 17.7 Å². The van der Waals surface area contributed by atoms with Gasteiger partial charge < -0.3 is 10.6 Å². The van der Waals surface area contributed by atoms with E-state index in [0.29, 0.717) is 16.4 Å². The number of hydrogen-bond acceptors (Lipinski definition) is 5. The molecule has 0 radical (unpaired) electrons. The average Bonchev–Trinajstić information content (AvgIpc) is 2.59. The summed E-state index contributed by atoms with van der Waals surface area (Å²) in [5, 5.41) is 17.2. The van der Waals surface area contributed by atoms with E-state index in [1.54, 1.807) is 31.3 Å². The maximum absolute atomic E-state index is 12.1. The average molecular weight is 380 g/mol. The van der Waals surface area contributed by atoms with Crippen LogP contribution in [0.4, 0.5) is 17.1 Å². The Balaban J connectivity index is 1.99. The molecule has 1 amide bonds. The van der Waals surface area contributed by atoms with Crippen molar-refractivity contribution in [2.45, 2.75) is 0 Å². The molecule has 0 unspecified atom stereocenters. The Morgan fingerprint density at radius 3 is 2.60 bits per heavy atom. The molecule has 25 heavy (non-hydrogen) atoms. The first kappa shape index (κ1) is 18.4. The molecular weight excluding hydrogens is 366 g/mol. The van der Waals surface area contributed by atoms with E-state index in [4.69, 9.17) is 23.8 Å². The van der Waals surface area contributed by atoms with Crippen molar-refractivity contribution in [3.63, 3.8) is 0 Å². The van der Waals surface area contributed by atoms with Gasteiger partial charge in [0.15, 0.2) is 5.11 Å². The summed E-state index contributed by atoms with van der Waals surface area (Å²) in [4.78, 5) is 22.6. The molecule has 0 aliphatic rings. The summed E-state index contributed by atoms with van der Waals surface area (Å²) in [5.74, 6) is -0.569. The summed E-state index contributed by atoms with van der Waals surface area (Å²) in [5.41, 5.74) is 5.76. The van der Waals surface area contributed by atoms with E-state index in [9.17, 15) is 14.9 Å². The second-order valence-electron chi connectivity index (χ2n) is 4.78. The Labute approximate surface area is 153 Å². The van der Waals surface area contributed by atoms with E-state index in [1.165, 1.54) is 18.2 Å². The zero-order valence-corrected chi connectivity index (χ0v) is 14.6. The Bertz CT molecular complexity index is 831. The number of rotatable bonds is 4. The van der Waals surface area contributed by atoms with Crippen LogP contribution in [-0.4, -0.2) is 23.0 Å². The fourth-order valence-electron chi connectivity index (χ4n) is 1.95. The molecule has 0 bridgehead atoms. The van der Waals surface area contributed by atoms with Crippen LogP contribution in [-0.2, 0) is 0 Å². The van der Waals surface area contributed by atoms with E-state index in [0.717, 1.165) is 0 Å². The van der Waals surface area contributed by atoms with E-state index in [2.05, 4.69) is 21.5 Å². The van der Waals surface area contributed by atoms with Crippen molar-refractivity contribution in [1.29, 1.82) is 0 Å². The van der Waals surface area contributed by atoms with Gasteiger partial charge in [-0.25, -0.2) is 0 Å². The number of nitro groups is 1. The number of nitrogens with one attached hydrogen (secondary N) is 4. The second-order valence-corrected chi connectivity index (χ2v) is 5.63.